The maximum absolute atomic E-state index is 13.7. The zero-order valence-electron chi connectivity index (χ0n) is 18.3. The molecule has 1 fully saturated rings. The topological polar surface area (TPSA) is 63.6 Å². The van der Waals surface area contributed by atoms with Crippen LogP contribution in [0.25, 0.3) is 10.8 Å². The highest BCUT2D eigenvalue weighted by molar-refractivity contribution is 5.95. The first-order valence-electron chi connectivity index (χ1n) is 11.1. The molecule has 5 rings (SSSR count). The van der Waals surface area contributed by atoms with Crippen molar-refractivity contribution in [3.63, 3.8) is 0 Å². The summed E-state index contributed by atoms with van der Waals surface area (Å²) < 4.78 is 5.96. The lowest BCUT2D eigenvalue weighted by atomic mass is 9.52. The second-order valence-electron chi connectivity index (χ2n) is 8.49. The summed E-state index contributed by atoms with van der Waals surface area (Å²) in [7, 11) is 0. The Bertz CT molecular complexity index is 1350. The minimum atomic E-state index is -0.921. The van der Waals surface area contributed by atoms with Gasteiger partial charge >= 0.3 is 11.9 Å². The fourth-order valence-corrected chi connectivity index (χ4v) is 5.20. The van der Waals surface area contributed by atoms with E-state index in [1.165, 1.54) is 0 Å². The van der Waals surface area contributed by atoms with Crippen LogP contribution in [0.1, 0.15) is 28.5 Å². The van der Waals surface area contributed by atoms with Crippen LogP contribution in [-0.4, -0.2) is 17.0 Å². The summed E-state index contributed by atoms with van der Waals surface area (Å²) in [6.07, 6.45) is 5.64. The Kier molecular flexibility index (Phi) is 5.61. The van der Waals surface area contributed by atoms with Gasteiger partial charge in [0.15, 0.2) is 0 Å². The number of ether oxygens (including phenoxy) is 1. The van der Waals surface area contributed by atoms with E-state index in [2.05, 4.69) is 5.92 Å². The first-order chi connectivity index (χ1) is 16.6. The van der Waals surface area contributed by atoms with Gasteiger partial charge in [0.05, 0.1) is 11.8 Å². The van der Waals surface area contributed by atoms with Crippen molar-refractivity contribution < 1.29 is 19.4 Å². The molecule has 0 radical (unpaired) electrons. The van der Waals surface area contributed by atoms with Crippen LogP contribution in [0.5, 0.6) is 5.75 Å². The number of hydrogen-bond donors (Lipinski definition) is 1. The van der Waals surface area contributed by atoms with Crippen LogP contribution in [0.2, 0.25) is 0 Å². The number of hydrogen-bond acceptors (Lipinski definition) is 3. The van der Waals surface area contributed by atoms with Gasteiger partial charge in [-0.2, -0.15) is 0 Å². The number of esters is 1. The van der Waals surface area contributed by atoms with E-state index in [0.717, 1.165) is 21.9 Å². The van der Waals surface area contributed by atoms with E-state index in [1.54, 1.807) is 12.1 Å². The molecule has 1 aliphatic carbocycles. The molecule has 0 spiro atoms. The van der Waals surface area contributed by atoms with E-state index in [9.17, 15) is 14.7 Å². The van der Waals surface area contributed by atoms with E-state index < -0.39 is 35.6 Å². The van der Waals surface area contributed by atoms with Gasteiger partial charge < -0.3 is 9.84 Å². The number of carbonyl (C=O) groups is 2. The van der Waals surface area contributed by atoms with Gasteiger partial charge in [-0.25, -0.2) is 0 Å². The number of fused-ring (bicyclic) bond motifs is 1. The van der Waals surface area contributed by atoms with Gasteiger partial charge in [0.1, 0.15) is 5.75 Å². The highest BCUT2D eigenvalue weighted by Crippen LogP contribution is 2.58. The Hall–Kier alpha value is -4.36. The van der Waals surface area contributed by atoms with Crippen LogP contribution < -0.4 is 4.74 Å². The summed E-state index contributed by atoms with van der Waals surface area (Å²) in [5, 5.41) is 11.7. The van der Waals surface area contributed by atoms with Gasteiger partial charge in [-0.05, 0) is 23.3 Å². The van der Waals surface area contributed by atoms with Crippen molar-refractivity contribution in [2.75, 3.05) is 0 Å². The van der Waals surface area contributed by atoms with Crippen LogP contribution in [0.3, 0.4) is 0 Å². The smallest absolute Gasteiger partial charge is 0.315 e. The zero-order chi connectivity index (χ0) is 23.7. The van der Waals surface area contributed by atoms with Crippen LogP contribution in [0.15, 0.2) is 97.1 Å². The minimum Gasteiger partial charge on any atom is -0.481 e. The predicted molar refractivity (Wildman–Crippen MR) is 130 cm³/mol. The summed E-state index contributed by atoms with van der Waals surface area (Å²) >= 11 is 0. The van der Waals surface area contributed by atoms with Crippen molar-refractivity contribution >= 4 is 22.7 Å². The molecule has 0 aromatic heterocycles. The molecule has 166 valence electrons. The van der Waals surface area contributed by atoms with Crippen LogP contribution in [-0.2, 0) is 9.59 Å². The maximum atomic E-state index is 13.7. The van der Waals surface area contributed by atoms with Gasteiger partial charge in [-0.3, -0.25) is 9.59 Å². The molecule has 1 N–H and O–H groups in total. The van der Waals surface area contributed by atoms with Crippen molar-refractivity contribution in [1.82, 2.24) is 0 Å². The Morgan fingerprint density at radius 1 is 0.706 bits per heavy atom. The fraction of sp³-hybridized carbons (Fsp3) is 0.133. The average Bonchev–Trinajstić information content (AvgIpc) is 2.84. The van der Waals surface area contributed by atoms with E-state index in [0.29, 0.717) is 11.3 Å². The second kappa shape index (κ2) is 8.88. The van der Waals surface area contributed by atoms with Gasteiger partial charge in [-0.15, -0.1) is 6.42 Å². The molecule has 0 bridgehead atoms. The molecule has 4 aromatic rings. The molecule has 0 heterocycles. The molecule has 0 unspecified atom stereocenters. The summed E-state index contributed by atoms with van der Waals surface area (Å²) in [6, 6.07) is 29.7. The largest absolute Gasteiger partial charge is 0.481 e. The number of benzene rings is 4. The number of rotatable bonds is 5. The zero-order valence-corrected chi connectivity index (χ0v) is 18.3. The Morgan fingerprint density at radius 3 is 1.82 bits per heavy atom. The lowest BCUT2D eigenvalue weighted by molar-refractivity contribution is -0.158. The third-order valence-electron chi connectivity index (χ3n) is 6.72. The van der Waals surface area contributed by atoms with Gasteiger partial charge in [-0.1, -0.05) is 90.8 Å². The summed E-state index contributed by atoms with van der Waals surface area (Å²) in [5.74, 6) is -0.648. The van der Waals surface area contributed by atoms with E-state index in [-0.39, 0.29) is 0 Å². The highest BCUT2D eigenvalue weighted by atomic mass is 16.5. The molecular weight excluding hydrogens is 424 g/mol. The number of terminal acetylenes is 1. The summed E-state index contributed by atoms with van der Waals surface area (Å²) in [6.45, 7) is 0. The summed E-state index contributed by atoms with van der Waals surface area (Å²) in [5.41, 5.74) is 2.35. The Balaban J connectivity index is 1.57. The molecular formula is C30H22O4. The highest BCUT2D eigenvalue weighted by Gasteiger charge is 2.59. The third-order valence-corrected chi connectivity index (χ3v) is 6.72. The maximum Gasteiger partial charge on any atom is 0.315 e. The lowest BCUT2D eigenvalue weighted by Gasteiger charge is -2.49. The molecule has 0 saturated heterocycles. The van der Waals surface area contributed by atoms with Gasteiger partial charge in [0.25, 0.3) is 0 Å². The van der Waals surface area contributed by atoms with Crippen LogP contribution >= 0.6 is 0 Å². The van der Waals surface area contributed by atoms with Crippen molar-refractivity contribution in [1.29, 1.82) is 0 Å². The molecule has 2 atom stereocenters. The number of carbonyl (C=O) groups excluding carboxylic acids is 1. The SMILES string of the molecule is C#Cc1cccc2c(OC(=O)[C@H]3[C@@H](c4ccccc4)[C@H](C(=O)O)[C@@H]3c3ccccc3)cccc12. The Morgan fingerprint density at radius 2 is 1.26 bits per heavy atom. The minimum absolute atomic E-state index is 0.414. The second-order valence-corrected chi connectivity index (χ2v) is 8.49. The molecule has 4 heteroatoms. The number of aliphatic carboxylic acids is 1. The quantitative estimate of drug-likeness (QED) is 0.245. The van der Waals surface area contributed by atoms with E-state index in [1.807, 2.05) is 84.9 Å². The molecule has 0 aliphatic heterocycles. The molecule has 1 saturated carbocycles. The lowest BCUT2D eigenvalue weighted by Crippen LogP contribution is -2.52. The first-order valence-corrected chi connectivity index (χ1v) is 11.1. The number of carboxylic acid groups (broad SMARTS) is 1. The molecule has 1 aliphatic rings. The Labute approximate surface area is 197 Å². The number of carboxylic acids is 1. The first kappa shape index (κ1) is 21.5. The normalized spacial score (nSPS) is 21.3. The van der Waals surface area contributed by atoms with Crippen LogP contribution in [0.4, 0.5) is 0 Å². The van der Waals surface area contributed by atoms with E-state index in [4.69, 9.17) is 11.2 Å². The predicted octanol–water partition coefficient (Wildman–Crippen LogP) is 5.62. The third kappa shape index (κ3) is 3.62. The molecule has 4 nitrogen and oxygen atoms in total. The molecule has 34 heavy (non-hydrogen) atoms. The fourth-order valence-electron chi connectivity index (χ4n) is 5.20. The standard InChI is InChI=1S/C30H22O4/c1-2-19-15-9-17-23-22(19)16-10-18-24(23)34-30(33)28-25(20-11-5-3-6-12-20)27(29(31)32)26(28)21-13-7-4-8-14-21/h1,3-18,25-28H,(H,31,32)/t25-,26-,27-,28-/m0/s1. The van der Waals surface area contributed by atoms with Crippen LogP contribution in [0, 0.1) is 24.2 Å². The van der Waals surface area contributed by atoms with Crippen molar-refractivity contribution in [2.24, 2.45) is 11.8 Å². The van der Waals surface area contributed by atoms with Crippen molar-refractivity contribution in [3.05, 3.63) is 114 Å². The van der Waals surface area contributed by atoms with Crippen molar-refractivity contribution in [2.45, 2.75) is 11.8 Å². The van der Waals surface area contributed by atoms with Gasteiger partial charge in [0.2, 0.25) is 0 Å². The average molecular weight is 447 g/mol. The van der Waals surface area contributed by atoms with Crippen molar-refractivity contribution in [3.8, 4) is 18.1 Å². The van der Waals surface area contributed by atoms with Gasteiger partial charge in [0, 0.05) is 28.2 Å². The monoisotopic (exact) mass is 446 g/mol. The molecule has 0 amide bonds. The molecule has 4 aromatic carbocycles. The summed E-state index contributed by atoms with van der Waals surface area (Å²) in [4.78, 5) is 26.0. The van der Waals surface area contributed by atoms with E-state index >= 15 is 0 Å².